The van der Waals surface area contributed by atoms with Crippen molar-refractivity contribution >= 4 is 51.4 Å². The number of rotatable bonds is 4. The molecule has 1 heterocycles. The van der Waals surface area contributed by atoms with Gasteiger partial charge < -0.3 is 10.1 Å². The maximum atomic E-state index is 12.1. The van der Waals surface area contributed by atoms with Crippen LogP contribution in [0, 0.1) is 0 Å². The number of halogens is 2. The molecule has 0 fully saturated rings. The van der Waals surface area contributed by atoms with Crippen LogP contribution in [0.3, 0.4) is 0 Å². The van der Waals surface area contributed by atoms with E-state index in [0.717, 1.165) is 11.3 Å². The van der Waals surface area contributed by atoms with Crippen LogP contribution in [0.15, 0.2) is 42.5 Å². The van der Waals surface area contributed by atoms with Crippen molar-refractivity contribution in [1.29, 1.82) is 0 Å². The van der Waals surface area contributed by atoms with Gasteiger partial charge in [0.1, 0.15) is 10.8 Å². The van der Waals surface area contributed by atoms with Gasteiger partial charge in [-0.1, -0.05) is 34.5 Å². The fourth-order valence-electron chi connectivity index (χ4n) is 1.97. The first kappa shape index (κ1) is 17.5. The fraction of sp³-hybridized carbons (Fsp3) is 0.0625. The van der Waals surface area contributed by atoms with E-state index in [0.29, 0.717) is 25.9 Å². The molecular weight excluding hydrogens is 383 g/mol. The van der Waals surface area contributed by atoms with Gasteiger partial charge in [-0.3, -0.25) is 5.32 Å². The Balaban J connectivity index is 1.67. The second-order valence-corrected chi connectivity index (χ2v) is 6.67. The summed E-state index contributed by atoms with van der Waals surface area (Å²) in [5.41, 5.74) is 1.33. The van der Waals surface area contributed by atoms with Gasteiger partial charge in [0.15, 0.2) is 0 Å². The van der Waals surface area contributed by atoms with Gasteiger partial charge in [-0.05, 0) is 42.5 Å². The number of carbonyl (C=O) groups is 1. The molecule has 2 aromatic carbocycles. The van der Waals surface area contributed by atoms with Crippen LogP contribution in [0.4, 0.5) is 15.6 Å². The predicted molar refractivity (Wildman–Crippen MR) is 101 cm³/mol. The van der Waals surface area contributed by atoms with E-state index in [4.69, 9.17) is 27.9 Å². The summed E-state index contributed by atoms with van der Waals surface area (Å²) >= 11 is 13.1. The molecule has 6 nitrogen and oxygen atoms in total. The quantitative estimate of drug-likeness (QED) is 0.640. The summed E-state index contributed by atoms with van der Waals surface area (Å²) < 4.78 is 5.12. The molecule has 0 spiro atoms. The Labute approximate surface area is 157 Å². The monoisotopic (exact) mass is 394 g/mol. The number of nitrogens with one attached hydrogen (secondary N) is 2. The number of urea groups is 1. The molecule has 2 N–H and O–H groups in total. The lowest BCUT2D eigenvalue weighted by Crippen LogP contribution is -2.19. The SMILES string of the molecule is COc1ccc(-c2nnc(NC(=O)Nc3ccc(Cl)cc3Cl)s2)cc1. The van der Waals surface area contributed by atoms with Gasteiger partial charge in [0.2, 0.25) is 5.13 Å². The Morgan fingerprint density at radius 1 is 1.08 bits per heavy atom. The molecule has 0 bridgehead atoms. The first-order valence-corrected chi connectivity index (χ1v) is 8.63. The number of hydrogen-bond acceptors (Lipinski definition) is 5. The lowest BCUT2D eigenvalue weighted by molar-refractivity contribution is 0.262. The van der Waals surface area contributed by atoms with Crippen molar-refractivity contribution in [2.24, 2.45) is 0 Å². The van der Waals surface area contributed by atoms with Crippen LogP contribution in [0.25, 0.3) is 10.6 Å². The third kappa shape index (κ3) is 4.39. The summed E-state index contributed by atoms with van der Waals surface area (Å²) in [4.78, 5) is 12.1. The summed E-state index contributed by atoms with van der Waals surface area (Å²) in [6.45, 7) is 0. The highest BCUT2D eigenvalue weighted by atomic mass is 35.5. The summed E-state index contributed by atoms with van der Waals surface area (Å²) in [7, 11) is 1.60. The number of carbonyl (C=O) groups excluding carboxylic acids is 1. The van der Waals surface area contributed by atoms with E-state index in [9.17, 15) is 4.79 Å². The molecule has 0 radical (unpaired) electrons. The lowest BCUT2D eigenvalue weighted by Gasteiger charge is -2.07. The van der Waals surface area contributed by atoms with Gasteiger partial charge in [-0.2, -0.15) is 0 Å². The average molecular weight is 395 g/mol. The van der Waals surface area contributed by atoms with Gasteiger partial charge >= 0.3 is 6.03 Å². The molecule has 0 aliphatic rings. The molecule has 0 saturated heterocycles. The van der Waals surface area contributed by atoms with E-state index in [1.165, 1.54) is 11.3 Å². The topological polar surface area (TPSA) is 76.1 Å². The Kier molecular flexibility index (Phi) is 5.37. The molecule has 0 saturated carbocycles. The summed E-state index contributed by atoms with van der Waals surface area (Å²) in [5.74, 6) is 0.755. The highest BCUT2D eigenvalue weighted by molar-refractivity contribution is 7.18. The maximum Gasteiger partial charge on any atom is 0.325 e. The average Bonchev–Trinajstić information content (AvgIpc) is 3.06. The first-order chi connectivity index (χ1) is 12.0. The molecule has 128 valence electrons. The van der Waals surface area contributed by atoms with E-state index in [-0.39, 0.29) is 0 Å². The molecule has 3 aromatic rings. The van der Waals surface area contributed by atoms with Crippen molar-refractivity contribution in [3.63, 3.8) is 0 Å². The standard InChI is InChI=1S/C16H12Cl2N4O2S/c1-24-11-5-2-9(3-6-11)14-21-22-16(25-14)20-15(23)19-13-7-4-10(17)8-12(13)18/h2-8H,1H3,(H2,19,20,22,23). The highest BCUT2D eigenvalue weighted by Gasteiger charge is 2.11. The van der Waals surface area contributed by atoms with Gasteiger partial charge in [0, 0.05) is 10.6 Å². The van der Waals surface area contributed by atoms with Crippen molar-refractivity contribution < 1.29 is 9.53 Å². The number of aromatic nitrogens is 2. The van der Waals surface area contributed by atoms with Crippen LogP contribution in [0.2, 0.25) is 10.0 Å². The molecule has 0 aliphatic carbocycles. The van der Waals surface area contributed by atoms with Gasteiger partial charge in [0.25, 0.3) is 0 Å². The van der Waals surface area contributed by atoms with Gasteiger partial charge in [0.05, 0.1) is 17.8 Å². The molecule has 1 aromatic heterocycles. The lowest BCUT2D eigenvalue weighted by atomic mass is 10.2. The van der Waals surface area contributed by atoms with Crippen molar-refractivity contribution in [3.8, 4) is 16.3 Å². The number of amides is 2. The van der Waals surface area contributed by atoms with Gasteiger partial charge in [-0.25, -0.2) is 4.79 Å². The van der Waals surface area contributed by atoms with Crippen molar-refractivity contribution in [2.45, 2.75) is 0 Å². The van der Waals surface area contributed by atoms with Gasteiger partial charge in [-0.15, -0.1) is 10.2 Å². The number of benzene rings is 2. The Morgan fingerprint density at radius 3 is 2.52 bits per heavy atom. The van der Waals surface area contributed by atoms with E-state index in [1.807, 2.05) is 24.3 Å². The second-order valence-electron chi connectivity index (χ2n) is 4.84. The minimum Gasteiger partial charge on any atom is -0.497 e. The van der Waals surface area contributed by atoms with E-state index < -0.39 is 6.03 Å². The number of methoxy groups -OCH3 is 1. The largest absolute Gasteiger partial charge is 0.497 e. The third-order valence-corrected chi connectivity index (χ3v) is 4.60. The Morgan fingerprint density at radius 2 is 1.84 bits per heavy atom. The molecule has 25 heavy (non-hydrogen) atoms. The molecule has 3 rings (SSSR count). The van der Waals surface area contributed by atoms with Crippen LogP contribution in [0.5, 0.6) is 5.75 Å². The van der Waals surface area contributed by atoms with Crippen LogP contribution in [0.1, 0.15) is 0 Å². The Bertz CT molecular complexity index is 899. The summed E-state index contributed by atoms with van der Waals surface area (Å²) in [6, 6.07) is 11.7. The minimum absolute atomic E-state index is 0.346. The van der Waals surface area contributed by atoms with Crippen molar-refractivity contribution in [1.82, 2.24) is 10.2 Å². The minimum atomic E-state index is -0.471. The Hall–Kier alpha value is -2.35. The van der Waals surface area contributed by atoms with E-state index in [1.54, 1.807) is 25.3 Å². The molecule has 0 unspecified atom stereocenters. The molecule has 9 heteroatoms. The van der Waals surface area contributed by atoms with Crippen LogP contribution in [-0.2, 0) is 0 Å². The van der Waals surface area contributed by atoms with Crippen LogP contribution in [-0.4, -0.2) is 23.3 Å². The maximum absolute atomic E-state index is 12.1. The van der Waals surface area contributed by atoms with Crippen LogP contribution >= 0.6 is 34.5 Å². The van der Waals surface area contributed by atoms with E-state index in [2.05, 4.69) is 20.8 Å². The predicted octanol–water partition coefficient (Wildman–Crippen LogP) is 5.16. The molecule has 2 amide bonds. The van der Waals surface area contributed by atoms with Crippen molar-refractivity contribution in [2.75, 3.05) is 17.7 Å². The second kappa shape index (κ2) is 7.69. The van der Waals surface area contributed by atoms with E-state index >= 15 is 0 Å². The zero-order chi connectivity index (χ0) is 17.8. The smallest absolute Gasteiger partial charge is 0.325 e. The number of ether oxygens (including phenoxy) is 1. The summed E-state index contributed by atoms with van der Waals surface area (Å²) in [5, 5.41) is 15.2. The number of nitrogens with zero attached hydrogens (tertiary/aromatic N) is 2. The number of hydrogen-bond donors (Lipinski definition) is 2. The first-order valence-electron chi connectivity index (χ1n) is 7.06. The zero-order valence-corrected chi connectivity index (χ0v) is 15.2. The molecule has 0 atom stereocenters. The fourth-order valence-corrected chi connectivity index (χ4v) is 3.17. The molecular formula is C16H12Cl2N4O2S. The van der Waals surface area contributed by atoms with Crippen LogP contribution < -0.4 is 15.4 Å². The number of anilines is 2. The molecule has 0 aliphatic heterocycles. The third-order valence-electron chi connectivity index (χ3n) is 3.16. The normalized spacial score (nSPS) is 10.4. The van der Waals surface area contributed by atoms with Crippen molar-refractivity contribution in [3.05, 3.63) is 52.5 Å². The zero-order valence-electron chi connectivity index (χ0n) is 12.9. The highest BCUT2D eigenvalue weighted by Crippen LogP contribution is 2.28. The summed E-state index contributed by atoms with van der Waals surface area (Å²) in [6.07, 6.45) is 0.